The number of aromatic nitrogens is 3. The maximum absolute atomic E-state index is 14.2. The third-order valence-corrected chi connectivity index (χ3v) is 5.24. The van der Waals surface area contributed by atoms with Crippen molar-refractivity contribution >= 4 is 34.1 Å². The van der Waals surface area contributed by atoms with Crippen LogP contribution in [-0.2, 0) is 4.79 Å². The summed E-state index contributed by atoms with van der Waals surface area (Å²) in [5.41, 5.74) is 2.76. The lowest BCUT2D eigenvalue weighted by molar-refractivity contribution is -0.114. The SMILES string of the molecule is COc1cnc(Nc2ccc(OCCN(C)C)c(NC(C)=O)c2)nc1-c1c[nH]c2c(F)cccc12. The summed E-state index contributed by atoms with van der Waals surface area (Å²) in [6, 6.07) is 10.2. The molecule has 2 heterocycles. The monoisotopic (exact) mass is 478 g/mol. The van der Waals surface area contributed by atoms with Crippen molar-refractivity contribution in [3.8, 4) is 22.8 Å². The molecular weight excluding hydrogens is 451 g/mol. The first-order valence-corrected chi connectivity index (χ1v) is 11.0. The molecule has 0 unspecified atom stereocenters. The van der Waals surface area contributed by atoms with Crippen LogP contribution in [0, 0.1) is 5.82 Å². The van der Waals surface area contributed by atoms with E-state index in [9.17, 15) is 9.18 Å². The molecule has 3 N–H and O–H groups in total. The topological polar surface area (TPSA) is 104 Å². The van der Waals surface area contributed by atoms with Crippen molar-refractivity contribution in [3.05, 3.63) is 54.6 Å². The van der Waals surface area contributed by atoms with Gasteiger partial charge >= 0.3 is 0 Å². The molecule has 9 nitrogen and oxygen atoms in total. The summed E-state index contributed by atoms with van der Waals surface area (Å²) in [5, 5.41) is 6.63. The molecule has 0 saturated carbocycles. The van der Waals surface area contributed by atoms with Gasteiger partial charge in [0.05, 0.1) is 24.5 Å². The molecule has 0 bridgehead atoms. The van der Waals surface area contributed by atoms with E-state index in [1.54, 1.807) is 30.6 Å². The first-order valence-electron chi connectivity index (χ1n) is 11.0. The molecule has 10 heteroatoms. The van der Waals surface area contributed by atoms with Gasteiger partial charge in [-0.15, -0.1) is 0 Å². The number of anilines is 3. The number of H-pyrrole nitrogens is 1. The minimum Gasteiger partial charge on any atom is -0.493 e. The largest absolute Gasteiger partial charge is 0.493 e. The Labute approximate surface area is 202 Å². The van der Waals surface area contributed by atoms with Gasteiger partial charge in [0.15, 0.2) is 5.75 Å². The number of likely N-dealkylation sites (N-methyl/N-ethyl adjacent to an activating group) is 1. The lowest BCUT2D eigenvalue weighted by atomic mass is 10.1. The highest BCUT2D eigenvalue weighted by Crippen LogP contribution is 2.35. The second-order valence-electron chi connectivity index (χ2n) is 8.14. The van der Waals surface area contributed by atoms with Crippen molar-refractivity contribution in [1.29, 1.82) is 0 Å². The molecule has 0 aliphatic rings. The number of carbonyl (C=O) groups excluding carboxylic acids is 1. The van der Waals surface area contributed by atoms with Gasteiger partial charge in [-0.3, -0.25) is 4.79 Å². The van der Waals surface area contributed by atoms with Crippen LogP contribution >= 0.6 is 0 Å². The Morgan fingerprint density at radius 1 is 1.20 bits per heavy atom. The minimum absolute atomic E-state index is 0.214. The van der Waals surface area contributed by atoms with Crippen molar-refractivity contribution in [2.75, 3.05) is 45.0 Å². The van der Waals surface area contributed by atoms with Crippen molar-refractivity contribution in [1.82, 2.24) is 19.9 Å². The maximum atomic E-state index is 14.2. The van der Waals surface area contributed by atoms with Crippen LogP contribution in [0.3, 0.4) is 0 Å². The van der Waals surface area contributed by atoms with E-state index in [1.807, 2.05) is 31.1 Å². The minimum atomic E-state index is -0.349. The van der Waals surface area contributed by atoms with Gasteiger partial charge in [0, 0.05) is 36.3 Å². The number of halogens is 1. The van der Waals surface area contributed by atoms with Gasteiger partial charge in [-0.2, -0.15) is 0 Å². The molecule has 0 fully saturated rings. The number of rotatable bonds is 9. The molecule has 2 aromatic heterocycles. The predicted octanol–water partition coefficient (Wildman–Crippen LogP) is 4.42. The average Bonchev–Trinajstić information content (AvgIpc) is 3.25. The van der Waals surface area contributed by atoms with Crippen LogP contribution in [0.5, 0.6) is 11.5 Å². The fourth-order valence-corrected chi connectivity index (χ4v) is 3.57. The summed E-state index contributed by atoms with van der Waals surface area (Å²) in [7, 11) is 5.45. The molecule has 4 rings (SSSR count). The Morgan fingerprint density at radius 3 is 2.77 bits per heavy atom. The molecule has 0 aliphatic heterocycles. The first kappa shape index (κ1) is 24.0. The summed E-state index contributed by atoms with van der Waals surface area (Å²) in [6.45, 7) is 2.65. The number of methoxy groups -OCH3 is 1. The summed E-state index contributed by atoms with van der Waals surface area (Å²) >= 11 is 0. The summed E-state index contributed by atoms with van der Waals surface area (Å²) < 4.78 is 25.5. The van der Waals surface area contributed by atoms with Crippen LogP contribution in [0.2, 0.25) is 0 Å². The number of hydrogen-bond acceptors (Lipinski definition) is 7. The van der Waals surface area contributed by atoms with E-state index in [1.165, 1.54) is 20.1 Å². The average molecular weight is 479 g/mol. The molecule has 0 saturated heterocycles. The zero-order chi connectivity index (χ0) is 24.9. The van der Waals surface area contributed by atoms with Gasteiger partial charge in [-0.05, 0) is 38.4 Å². The van der Waals surface area contributed by atoms with E-state index in [4.69, 9.17) is 9.47 Å². The Kier molecular flexibility index (Phi) is 7.11. The molecule has 35 heavy (non-hydrogen) atoms. The van der Waals surface area contributed by atoms with Crippen LogP contribution in [-0.4, -0.2) is 60.1 Å². The third-order valence-electron chi connectivity index (χ3n) is 5.24. The molecule has 0 spiro atoms. The second kappa shape index (κ2) is 10.4. The molecule has 4 aromatic rings. The predicted molar refractivity (Wildman–Crippen MR) is 134 cm³/mol. The highest BCUT2D eigenvalue weighted by Gasteiger charge is 2.17. The van der Waals surface area contributed by atoms with Gasteiger partial charge in [0.2, 0.25) is 11.9 Å². The zero-order valence-electron chi connectivity index (χ0n) is 20.0. The van der Waals surface area contributed by atoms with Crippen molar-refractivity contribution in [2.45, 2.75) is 6.92 Å². The highest BCUT2D eigenvalue weighted by atomic mass is 19.1. The van der Waals surface area contributed by atoms with Crippen molar-refractivity contribution in [3.63, 3.8) is 0 Å². The van der Waals surface area contributed by atoms with Crippen LogP contribution < -0.4 is 20.1 Å². The van der Waals surface area contributed by atoms with E-state index in [2.05, 4.69) is 25.6 Å². The zero-order valence-corrected chi connectivity index (χ0v) is 20.0. The van der Waals surface area contributed by atoms with Crippen LogP contribution in [0.25, 0.3) is 22.2 Å². The smallest absolute Gasteiger partial charge is 0.227 e. The maximum Gasteiger partial charge on any atom is 0.227 e. The van der Waals surface area contributed by atoms with E-state index in [0.29, 0.717) is 57.6 Å². The van der Waals surface area contributed by atoms with Crippen LogP contribution in [0.1, 0.15) is 6.92 Å². The summed E-state index contributed by atoms with van der Waals surface area (Å²) in [6.07, 6.45) is 3.24. The standard InChI is InChI=1S/C25H27FN6O3/c1-15(33)29-20-12-16(8-9-21(20)35-11-10-32(2)3)30-25-28-14-22(34-4)24(31-25)18-13-27-23-17(18)6-5-7-19(23)26/h5-9,12-14,27H,10-11H2,1-4H3,(H,29,33)(H,28,30,31). The van der Waals surface area contributed by atoms with Gasteiger partial charge in [-0.1, -0.05) is 12.1 Å². The number of aromatic amines is 1. The van der Waals surface area contributed by atoms with E-state index >= 15 is 0 Å². The van der Waals surface area contributed by atoms with Gasteiger partial charge < -0.3 is 30.0 Å². The fourth-order valence-electron chi connectivity index (χ4n) is 3.57. The summed E-state index contributed by atoms with van der Waals surface area (Å²) in [5.74, 6) is 0.753. The number of para-hydroxylation sites is 1. The lowest BCUT2D eigenvalue weighted by Gasteiger charge is -2.16. The normalized spacial score (nSPS) is 11.0. The number of hydrogen-bond donors (Lipinski definition) is 3. The molecule has 0 aliphatic carbocycles. The lowest BCUT2D eigenvalue weighted by Crippen LogP contribution is -2.20. The molecule has 0 radical (unpaired) electrons. The van der Waals surface area contributed by atoms with Crippen LogP contribution in [0.4, 0.5) is 21.7 Å². The number of nitrogens with zero attached hydrogens (tertiary/aromatic N) is 3. The second-order valence-corrected chi connectivity index (χ2v) is 8.14. The Bertz CT molecular complexity index is 1350. The van der Waals surface area contributed by atoms with E-state index in [0.717, 1.165) is 6.54 Å². The summed E-state index contributed by atoms with van der Waals surface area (Å²) in [4.78, 5) is 25.7. The van der Waals surface area contributed by atoms with Crippen molar-refractivity contribution in [2.24, 2.45) is 0 Å². The molecule has 182 valence electrons. The highest BCUT2D eigenvalue weighted by molar-refractivity contribution is 5.96. The molecule has 2 aromatic carbocycles. The Hall–Kier alpha value is -4.18. The molecule has 1 amide bonds. The quantitative estimate of drug-likeness (QED) is 0.327. The number of fused-ring (bicyclic) bond motifs is 1. The third kappa shape index (κ3) is 5.49. The van der Waals surface area contributed by atoms with Gasteiger partial charge in [0.1, 0.15) is 23.9 Å². The Balaban J connectivity index is 1.65. The first-order chi connectivity index (χ1) is 16.9. The van der Waals surface area contributed by atoms with E-state index in [-0.39, 0.29) is 11.7 Å². The van der Waals surface area contributed by atoms with Gasteiger partial charge in [-0.25, -0.2) is 14.4 Å². The Morgan fingerprint density at radius 2 is 2.03 bits per heavy atom. The van der Waals surface area contributed by atoms with Crippen LogP contribution in [0.15, 0.2) is 48.8 Å². The van der Waals surface area contributed by atoms with E-state index < -0.39 is 0 Å². The van der Waals surface area contributed by atoms with Gasteiger partial charge in [0.25, 0.3) is 0 Å². The fraction of sp³-hybridized carbons (Fsp3) is 0.240. The molecule has 0 atom stereocenters. The number of benzene rings is 2. The van der Waals surface area contributed by atoms with Crippen molar-refractivity contribution < 1.29 is 18.7 Å². The number of ether oxygens (including phenoxy) is 2. The number of nitrogens with one attached hydrogen (secondary N) is 3. The number of amides is 1. The molecular formula is C25H27FN6O3. The number of carbonyl (C=O) groups is 1.